The number of para-hydroxylation sites is 2. The summed E-state index contributed by atoms with van der Waals surface area (Å²) in [4.78, 5) is 4.77. The van der Waals surface area contributed by atoms with E-state index < -0.39 is 0 Å². The molecule has 154 valence electrons. The minimum atomic E-state index is 0.380. The van der Waals surface area contributed by atoms with E-state index in [9.17, 15) is 0 Å². The van der Waals surface area contributed by atoms with Crippen LogP contribution >= 0.6 is 0 Å². The molecule has 0 saturated carbocycles. The first-order valence-electron chi connectivity index (χ1n) is 10.0. The molecule has 0 bridgehead atoms. The Morgan fingerprint density at radius 2 is 1.63 bits per heavy atom. The lowest BCUT2D eigenvalue weighted by molar-refractivity contribution is 0.271. The van der Waals surface area contributed by atoms with Crippen molar-refractivity contribution in [1.29, 1.82) is 0 Å². The van der Waals surface area contributed by atoms with Crippen molar-refractivity contribution in [2.75, 3.05) is 13.7 Å². The van der Waals surface area contributed by atoms with E-state index in [1.165, 1.54) is 5.56 Å². The van der Waals surface area contributed by atoms with E-state index in [1.807, 2.05) is 48.5 Å². The van der Waals surface area contributed by atoms with Crippen LogP contribution in [0.1, 0.15) is 17.0 Å². The summed E-state index contributed by atoms with van der Waals surface area (Å²) in [5.41, 5.74) is 4.42. The molecule has 0 atom stereocenters. The minimum Gasteiger partial charge on any atom is -0.497 e. The zero-order valence-corrected chi connectivity index (χ0v) is 17.6. The smallest absolute Gasteiger partial charge is 0.148 e. The van der Waals surface area contributed by atoms with Gasteiger partial charge in [0.25, 0.3) is 0 Å². The number of rotatable bonds is 8. The Morgan fingerprint density at radius 3 is 2.40 bits per heavy atom. The lowest BCUT2D eigenvalue weighted by Gasteiger charge is -2.13. The van der Waals surface area contributed by atoms with Gasteiger partial charge in [-0.3, -0.25) is 0 Å². The van der Waals surface area contributed by atoms with E-state index in [1.54, 1.807) is 7.11 Å². The monoisotopic (exact) mass is 402 g/mol. The zero-order chi connectivity index (χ0) is 20.9. The van der Waals surface area contributed by atoms with Crippen molar-refractivity contribution in [3.05, 3.63) is 83.7 Å². The van der Waals surface area contributed by atoms with Gasteiger partial charge in [-0.05, 0) is 61.9 Å². The van der Waals surface area contributed by atoms with Crippen LogP contribution in [0.3, 0.4) is 0 Å². The highest BCUT2D eigenvalue weighted by Gasteiger charge is 2.12. The highest BCUT2D eigenvalue weighted by atomic mass is 16.5. The average molecular weight is 402 g/mol. The number of hydrogen-bond acceptors (Lipinski definition) is 4. The maximum atomic E-state index is 6.05. The van der Waals surface area contributed by atoms with Crippen LogP contribution in [0, 0.1) is 13.8 Å². The van der Waals surface area contributed by atoms with Crippen LogP contribution in [0.15, 0.2) is 66.7 Å². The zero-order valence-electron chi connectivity index (χ0n) is 17.6. The van der Waals surface area contributed by atoms with Gasteiger partial charge in [-0.1, -0.05) is 29.8 Å². The van der Waals surface area contributed by atoms with Gasteiger partial charge in [-0.2, -0.15) is 0 Å². The van der Waals surface area contributed by atoms with Gasteiger partial charge in [0.05, 0.1) is 24.7 Å². The fourth-order valence-electron chi connectivity index (χ4n) is 3.51. The molecule has 1 heterocycles. The molecule has 0 amide bonds. The largest absolute Gasteiger partial charge is 0.497 e. The van der Waals surface area contributed by atoms with Gasteiger partial charge in [-0.25, -0.2) is 4.98 Å². The maximum absolute atomic E-state index is 6.05. The van der Waals surface area contributed by atoms with Crippen molar-refractivity contribution in [2.45, 2.75) is 27.0 Å². The van der Waals surface area contributed by atoms with Gasteiger partial charge < -0.3 is 18.8 Å². The predicted molar refractivity (Wildman–Crippen MR) is 118 cm³/mol. The number of nitrogens with zero attached hydrogens (tertiary/aromatic N) is 2. The molecule has 0 saturated heterocycles. The normalized spacial score (nSPS) is 10.9. The molecule has 0 spiro atoms. The van der Waals surface area contributed by atoms with Crippen molar-refractivity contribution in [3.63, 3.8) is 0 Å². The molecule has 0 fully saturated rings. The summed E-state index contributed by atoms with van der Waals surface area (Å²) in [6, 6.07) is 21.9. The van der Waals surface area contributed by atoms with Crippen LogP contribution in [0.2, 0.25) is 0 Å². The molecule has 0 N–H and O–H groups in total. The number of aromatic nitrogens is 2. The van der Waals surface area contributed by atoms with Gasteiger partial charge in [0, 0.05) is 0 Å². The summed E-state index contributed by atoms with van der Waals surface area (Å²) in [5.74, 6) is 3.37. The van der Waals surface area contributed by atoms with Crippen molar-refractivity contribution >= 4 is 11.0 Å². The molecule has 0 aliphatic heterocycles. The molecule has 0 aliphatic rings. The Labute approximate surface area is 176 Å². The van der Waals surface area contributed by atoms with Gasteiger partial charge in [-0.15, -0.1) is 0 Å². The third-order valence-corrected chi connectivity index (χ3v) is 5.06. The second kappa shape index (κ2) is 8.91. The van der Waals surface area contributed by atoms with Crippen molar-refractivity contribution in [2.24, 2.45) is 0 Å². The van der Waals surface area contributed by atoms with Crippen LogP contribution in [-0.2, 0) is 13.2 Å². The van der Waals surface area contributed by atoms with E-state index in [4.69, 9.17) is 19.2 Å². The summed E-state index contributed by atoms with van der Waals surface area (Å²) in [7, 11) is 1.65. The van der Waals surface area contributed by atoms with E-state index in [0.29, 0.717) is 19.8 Å². The minimum absolute atomic E-state index is 0.380. The van der Waals surface area contributed by atoms with Crippen LogP contribution in [0.25, 0.3) is 11.0 Å². The third-order valence-electron chi connectivity index (χ3n) is 5.06. The molecule has 30 heavy (non-hydrogen) atoms. The maximum Gasteiger partial charge on any atom is 0.148 e. The molecular formula is C25H26N2O3. The lowest BCUT2D eigenvalue weighted by atomic mass is 10.1. The number of fused-ring (bicyclic) bond motifs is 1. The summed E-state index contributed by atoms with van der Waals surface area (Å²) in [5, 5.41) is 0. The molecule has 1 aromatic heterocycles. The summed E-state index contributed by atoms with van der Waals surface area (Å²) in [6.45, 7) is 5.78. The number of aryl methyl sites for hydroxylation is 2. The highest BCUT2D eigenvalue weighted by molar-refractivity contribution is 5.75. The molecule has 0 unspecified atom stereocenters. The summed E-state index contributed by atoms with van der Waals surface area (Å²) in [6.07, 6.45) is 0. The molecular weight excluding hydrogens is 376 g/mol. The number of ether oxygens (including phenoxy) is 3. The van der Waals surface area contributed by atoms with Crippen LogP contribution in [0.5, 0.6) is 17.2 Å². The van der Waals surface area contributed by atoms with Gasteiger partial charge in [0.1, 0.15) is 36.3 Å². The van der Waals surface area contributed by atoms with Crippen molar-refractivity contribution < 1.29 is 14.2 Å². The Kier molecular flexibility index (Phi) is 5.89. The van der Waals surface area contributed by atoms with E-state index in [0.717, 1.165) is 39.7 Å². The summed E-state index contributed by atoms with van der Waals surface area (Å²) < 4.78 is 19.4. The topological polar surface area (TPSA) is 45.5 Å². The second-order valence-corrected chi connectivity index (χ2v) is 7.25. The van der Waals surface area contributed by atoms with E-state index in [-0.39, 0.29) is 0 Å². The van der Waals surface area contributed by atoms with Crippen LogP contribution < -0.4 is 14.2 Å². The quantitative estimate of drug-likeness (QED) is 0.400. The Balaban J connectivity index is 1.49. The first-order valence-corrected chi connectivity index (χ1v) is 10.0. The highest BCUT2D eigenvalue weighted by Crippen LogP contribution is 2.22. The standard InChI is InChI=1S/C25H26N2O3/c1-18-8-13-24(19(2)16-18)29-15-14-27-23-7-5-4-6-22(23)26-25(27)17-30-21-11-9-20(28-3)10-12-21/h4-13,16H,14-15,17H2,1-3H3. The molecule has 4 rings (SSSR count). The summed E-state index contributed by atoms with van der Waals surface area (Å²) >= 11 is 0. The van der Waals surface area contributed by atoms with Gasteiger partial charge in [0.15, 0.2) is 0 Å². The van der Waals surface area contributed by atoms with Gasteiger partial charge in [0.2, 0.25) is 0 Å². The fraction of sp³-hybridized carbons (Fsp3) is 0.240. The first-order chi connectivity index (χ1) is 14.6. The number of methoxy groups -OCH3 is 1. The second-order valence-electron chi connectivity index (χ2n) is 7.25. The fourth-order valence-corrected chi connectivity index (χ4v) is 3.51. The van der Waals surface area contributed by atoms with Crippen molar-refractivity contribution in [1.82, 2.24) is 9.55 Å². The van der Waals surface area contributed by atoms with Crippen molar-refractivity contribution in [3.8, 4) is 17.2 Å². The first kappa shape index (κ1) is 19.8. The third kappa shape index (κ3) is 4.40. The molecule has 4 aromatic rings. The van der Waals surface area contributed by atoms with E-state index in [2.05, 4.69) is 36.6 Å². The Hall–Kier alpha value is -3.47. The number of hydrogen-bond donors (Lipinski definition) is 0. The van der Waals surface area contributed by atoms with Crippen LogP contribution in [0.4, 0.5) is 0 Å². The predicted octanol–water partition coefficient (Wildman–Crippen LogP) is 5.32. The molecule has 5 heteroatoms. The molecule has 0 aliphatic carbocycles. The van der Waals surface area contributed by atoms with Gasteiger partial charge >= 0.3 is 0 Å². The molecule has 3 aromatic carbocycles. The van der Waals surface area contributed by atoms with E-state index >= 15 is 0 Å². The lowest BCUT2D eigenvalue weighted by Crippen LogP contribution is -2.13. The molecule has 5 nitrogen and oxygen atoms in total. The average Bonchev–Trinajstić information content (AvgIpc) is 3.12. The Morgan fingerprint density at radius 1 is 0.867 bits per heavy atom. The molecule has 0 radical (unpaired) electrons. The SMILES string of the molecule is COc1ccc(OCc2nc3ccccc3n2CCOc2ccc(C)cc2C)cc1. The number of benzene rings is 3. The van der Waals surface area contributed by atoms with Crippen LogP contribution in [-0.4, -0.2) is 23.3 Å². The Bertz CT molecular complexity index is 1130. The number of imidazole rings is 1.